The number of rotatable bonds is 4. The van der Waals surface area contributed by atoms with Gasteiger partial charge >= 0.3 is 0 Å². The Morgan fingerprint density at radius 1 is 0.667 bits per heavy atom. The van der Waals surface area contributed by atoms with Crippen LogP contribution in [0, 0.1) is 7.14 Å². The molecule has 10 heteroatoms. The third kappa shape index (κ3) is 4.27. The SMILES string of the molecule is Cn1nc(-c2ccc(Cl)cc2)c(I)c1/N=N/c1c(I)c(-c2ccc(Cl)cc2)nn1C. The molecule has 0 spiro atoms. The summed E-state index contributed by atoms with van der Waals surface area (Å²) in [7, 11) is 3.70. The lowest BCUT2D eigenvalue weighted by molar-refractivity contribution is 0.750. The van der Waals surface area contributed by atoms with Crippen LogP contribution in [0.1, 0.15) is 0 Å². The van der Waals surface area contributed by atoms with Gasteiger partial charge in [0.25, 0.3) is 0 Å². The molecule has 0 aliphatic rings. The molecule has 0 bridgehead atoms. The Labute approximate surface area is 210 Å². The zero-order chi connectivity index (χ0) is 21.4. The first-order chi connectivity index (χ1) is 14.3. The zero-order valence-electron chi connectivity index (χ0n) is 15.8. The fourth-order valence-corrected chi connectivity index (χ4v) is 4.88. The summed E-state index contributed by atoms with van der Waals surface area (Å²) >= 11 is 16.5. The molecule has 0 radical (unpaired) electrons. The largest absolute Gasteiger partial charge is 0.248 e. The molecule has 6 nitrogen and oxygen atoms in total. The molecule has 2 aromatic heterocycles. The van der Waals surface area contributed by atoms with E-state index < -0.39 is 0 Å². The van der Waals surface area contributed by atoms with Gasteiger partial charge in [-0.3, -0.25) is 0 Å². The number of nitrogens with zero attached hydrogens (tertiary/aromatic N) is 6. The lowest BCUT2D eigenvalue weighted by Gasteiger charge is -1.98. The van der Waals surface area contributed by atoms with Crippen LogP contribution in [-0.4, -0.2) is 19.6 Å². The predicted octanol–water partition coefficient (Wildman–Crippen LogP) is 7.42. The van der Waals surface area contributed by atoms with E-state index in [9.17, 15) is 0 Å². The molecule has 0 saturated heterocycles. The molecule has 0 atom stereocenters. The topological polar surface area (TPSA) is 60.4 Å². The van der Waals surface area contributed by atoms with Crippen LogP contribution >= 0.6 is 68.4 Å². The van der Waals surface area contributed by atoms with Gasteiger partial charge in [-0.2, -0.15) is 10.2 Å². The average molecular weight is 663 g/mol. The van der Waals surface area contributed by atoms with Gasteiger partial charge in [0.05, 0.1) is 7.14 Å². The summed E-state index contributed by atoms with van der Waals surface area (Å²) in [5, 5.41) is 19.6. The van der Waals surface area contributed by atoms with Crippen molar-refractivity contribution in [1.29, 1.82) is 0 Å². The van der Waals surface area contributed by atoms with Gasteiger partial charge in [0.1, 0.15) is 11.4 Å². The second-order valence-electron chi connectivity index (χ2n) is 6.43. The molecule has 152 valence electrons. The molecule has 0 aliphatic heterocycles. The van der Waals surface area contributed by atoms with E-state index in [0.717, 1.165) is 29.7 Å². The Kier molecular flexibility index (Phi) is 6.47. The minimum absolute atomic E-state index is 0.672. The Balaban J connectivity index is 1.69. The van der Waals surface area contributed by atoms with E-state index in [2.05, 4.69) is 65.6 Å². The molecular formula is C20H14Cl2I2N6. The van der Waals surface area contributed by atoms with Crippen molar-refractivity contribution in [2.24, 2.45) is 24.3 Å². The van der Waals surface area contributed by atoms with Crippen molar-refractivity contribution in [3.63, 3.8) is 0 Å². The summed E-state index contributed by atoms with van der Waals surface area (Å²) < 4.78 is 5.27. The first-order valence-electron chi connectivity index (χ1n) is 8.73. The Morgan fingerprint density at radius 2 is 1.00 bits per heavy atom. The Bertz CT molecular complexity index is 1150. The predicted molar refractivity (Wildman–Crippen MR) is 137 cm³/mol. The molecule has 0 amide bonds. The normalized spacial score (nSPS) is 11.5. The highest BCUT2D eigenvalue weighted by molar-refractivity contribution is 14.1. The maximum absolute atomic E-state index is 6.00. The second kappa shape index (κ2) is 8.93. The summed E-state index contributed by atoms with van der Waals surface area (Å²) in [5.74, 6) is 1.34. The van der Waals surface area contributed by atoms with Crippen LogP contribution in [0.25, 0.3) is 22.5 Å². The van der Waals surface area contributed by atoms with Crippen LogP contribution in [0.5, 0.6) is 0 Å². The van der Waals surface area contributed by atoms with E-state index in [1.807, 2.05) is 62.6 Å². The Morgan fingerprint density at radius 3 is 1.33 bits per heavy atom. The van der Waals surface area contributed by atoms with Crippen LogP contribution in [0.15, 0.2) is 58.8 Å². The summed E-state index contributed by atoms with van der Waals surface area (Å²) in [6.07, 6.45) is 0. The first-order valence-corrected chi connectivity index (χ1v) is 11.6. The first kappa shape index (κ1) is 21.7. The van der Waals surface area contributed by atoms with Gasteiger partial charge in [0, 0.05) is 35.3 Å². The van der Waals surface area contributed by atoms with Gasteiger partial charge in [-0.05, 0) is 69.4 Å². The molecular weight excluding hydrogens is 649 g/mol. The van der Waals surface area contributed by atoms with Crippen molar-refractivity contribution in [2.75, 3.05) is 0 Å². The van der Waals surface area contributed by atoms with E-state index in [4.69, 9.17) is 23.2 Å². The zero-order valence-corrected chi connectivity index (χ0v) is 21.6. The van der Waals surface area contributed by atoms with E-state index in [1.165, 1.54) is 0 Å². The molecule has 0 unspecified atom stereocenters. The summed E-state index contributed by atoms with van der Waals surface area (Å²) in [6, 6.07) is 15.1. The summed E-state index contributed by atoms with van der Waals surface area (Å²) in [6.45, 7) is 0. The van der Waals surface area contributed by atoms with E-state index in [0.29, 0.717) is 21.7 Å². The second-order valence-corrected chi connectivity index (χ2v) is 9.46. The number of hydrogen-bond acceptors (Lipinski definition) is 4. The summed E-state index contributed by atoms with van der Waals surface area (Å²) in [4.78, 5) is 0. The minimum Gasteiger partial charge on any atom is -0.248 e. The number of azo groups is 1. The number of benzene rings is 2. The molecule has 2 aromatic carbocycles. The van der Waals surface area contributed by atoms with Crippen molar-refractivity contribution in [3.05, 3.63) is 65.7 Å². The van der Waals surface area contributed by atoms with E-state index >= 15 is 0 Å². The molecule has 0 aliphatic carbocycles. The molecule has 4 rings (SSSR count). The monoisotopic (exact) mass is 662 g/mol. The highest BCUT2D eigenvalue weighted by Gasteiger charge is 2.18. The number of hydrogen-bond donors (Lipinski definition) is 0. The third-order valence-electron chi connectivity index (χ3n) is 4.40. The lowest BCUT2D eigenvalue weighted by atomic mass is 10.1. The van der Waals surface area contributed by atoms with Crippen molar-refractivity contribution in [1.82, 2.24) is 19.6 Å². The summed E-state index contributed by atoms with van der Waals surface area (Å²) in [5.41, 5.74) is 3.62. The number of aromatic nitrogens is 4. The van der Waals surface area contributed by atoms with Crippen molar-refractivity contribution in [2.45, 2.75) is 0 Å². The quantitative estimate of drug-likeness (QED) is 0.169. The van der Waals surface area contributed by atoms with Crippen LogP contribution < -0.4 is 0 Å². The highest BCUT2D eigenvalue weighted by atomic mass is 127. The smallest absolute Gasteiger partial charge is 0.187 e. The lowest BCUT2D eigenvalue weighted by Crippen LogP contribution is -1.90. The van der Waals surface area contributed by atoms with Crippen LogP contribution in [0.2, 0.25) is 10.0 Å². The molecule has 2 heterocycles. The molecule has 0 N–H and O–H groups in total. The average Bonchev–Trinajstić information content (AvgIpc) is 3.17. The van der Waals surface area contributed by atoms with Gasteiger partial charge in [0.15, 0.2) is 11.6 Å². The minimum atomic E-state index is 0.672. The van der Waals surface area contributed by atoms with Crippen LogP contribution in [0.3, 0.4) is 0 Å². The maximum atomic E-state index is 6.00. The van der Waals surface area contributed by atoms with Gasteiger partial charge < -0.3 is 0 Å². The van der Waals surface area contributed by atoms with Gasteiger partial charge in [-0.15, -0.1) is 10.2 Å². The molecule has 30 heavy (non-hydrogen) atoms. The number of halogens is 4. The fraction of sp³-hybridized carbons (Fsp3) is 0.100. The van der Waals surface area contributed by atoms with Crippen LogP contribution in [-0.2, 0) is 14.1 Å². The van der Waals surface area contributed by atoms with Gasteiger partial charge in [-0.1, -0.05) is 47.5 Å². The molecule has 0 fully saturated rings. The Hall–Kier alpha value is -1.50. The van der Waals surface area contributed by atoms with E-state index in [-0.39, 0.29) is 0 Å². The standard InChI is InChI=1S/C20H14Cl2I2N6/c1-29-19(15(23)17(27-29)11-3-7-13(21)8-4-11)25-26-20-16(24)18(28-30(20)2)12-5-9-14(22)10-6-12/h3-10H,1-2H3/b26-25+. The third-order valence-corrected chi connectivity index (χ3v) is 6.89. The highest BCUT2D eigenvalue weighted by Crippen LogP contribution is 2.35. The van der Waals surface area contributed by atoms with Crippen molar-refractivity contribution < 1.29 is 0 Å². The van der Waals surface area contributed by atoms with Crippen LogP contribution in [0.4, 0.5) is 11.6 Å². The fourth-order valence-electron chi connectivity index (χ4n) is 2.87. The van der Waals surface area contributed by atoms with Gasteiger partial charge in [-0.25, -0.2) is 9.36 Å². The van der Waals surface area contributed by atoms with Crippen molar-refractivity contribution in [3.8, 4) is 22.5 Å². The molecule has 4 aromatic rings. The van der Waals surface area contributed by atoms with Gasteiger partial charge in [0.2, 0.25) is 0 Å². The number of aryl methyl sites for hydroxylation is 2. The maximum Gasteiger partial charge on any atom is 0.187 e. The molecule has 0 saturated carbocycles. The van der Waals surface area contributed by atoms with Crippen molar-refractivity contribution >= 4 is 80.0 Å². The van der Waals surface area contributed by atoms with E-state index in [1.54, 1.807) is 9.36 Å².